The number of carboxylic acid groups (broad SMARTS) is 2. The minimum Gasteiger partial charge on any atom is -0.504 e. The number of rotatable bonds is 3. The van der Waals surface area contributed by atoms with Gasteiger partial charge in [-0.05, 0) is 18.8 Å². The number of carboxylic acids is 2. The number of nitrogens with one attached hydrogen (secondary N) is 1. The third-order valence-electron chi connectivity index (χ3n) is 4.30. The summed E-state index contributed by atoms with van der Waals surface area (Å²) in [6.45, 7) is 3.11. The normalized spacial score (nSPS) is 13.5. The van der Waals surface area contributed by atoms with Crippen molar-refractivity contribution in [1.29, 1.82) is 0 Å². The van der Waals surface area contributed by atoms with E-state index in [9.17, 15) is 10.2 Å². The monoisotopic (exact) mass is 391 g/mol. The highest BCUT2D eigenvalue weighted by Gasteiger charge is 2.15. The Hall–Kier alpha value is -2.96. The standard InChI is InChI=1S/C17H21NO2.2C2H4O2/c19-16-10-15(18-11-12-6-2-1-3-7-12)13-8-4-5-9-14(13)17(16)20;2*1-2(3)4/h4-5,8-10,12,18-20H,1-3,6-7,11H2;2*1H3,(H,3,4). The molecule has 7 nitrogen and oxygen atoms in total. The van der Waals surface area contributed by atoms with E-state index in [0.29, 0.717) is 5.39 Å². The second-order valence-electron chi connectivity index (χ2n) is 6.76. The summed E-state index contributed by atoms with van der Waals surface area (Å²) in [6, 6.07) is 9.24. The van der Waals surface area contributed by atoms with Crippen molar-refractivity contribution in [2.24, 2.45) is 5.92 Å². The summed E-state index contributed by atoms with van der Waals surface area (Å²) in [5.74, 6) is -1.04. The molecule has 0 unspecified atom stereocenters. The molecule has 2 aromatic carbocycles. The Morgan fingerprint density at radius 1 is 0.964 bits per heavy atom. The molecule has 1 aliphatic rings. The van der Waals surface area contributed by atoms with E-state index in [1.165, 1.54) is 32.1 Å². The first-order valence-corrected chi connectivity index (χ1v) is 9.29. The molecule has 0 spiro atoms. The third-order valence-corrected chi connectivity index (χ3v) is 4.30. The van der Waals surface area contributed by atoms with Crippen molar-refractivity contribution in [3.8, 4) is 11.5 Å². The summed E-state index contributed by atoms with van der Waals surface area (Å²) in [6.07, 6.45) is 6.59. The Kier molecular flexibility index (Phi) is 9.64. The van der Waals surface area contributed by atoms with Gasteiger partial charge >= 0.3 is 0 Å². The minimum absolute atomic E-state index is 0.0381. The Balaban J connectivity index is 0.000000420. The fourth-order valence-electron chi connectivity index (χ4n) is 3.14. The Bertz CT molecular complexity index is 764. The maximum atomic E-state index is 9.92. The summed E-state index contributed by atoms with van der Waals surface area (Å²) in [5, 5.41) is 39.7. The topological polar surface area (TPSA) is 127 Å². The molecule has 5 N–H and O–H groups in total. The zero-order valence-electron chi connectivity index (χ0n) is 16.3. The molecule has 0 atom stereocenters. The highest BCUT2D eigenvalue weighted by Crippen LogP contribution is 2.38. The van der Waals surface area contributed by atoms with Crippen molar-refractivity contribution < 1.29 is 30.0 Å². The SMILES string of the molecule is CC(=O)O.CC(=O)O.Oc1cc(NCC2CCCCC2)c2ccccc2c1O. The Labute approximate surface area is 164 Å². The lowest BCUT2D eigenvalue weighted by Crippen LogP contribution is -2.17. The van der Waals surface area contributed by atoms with Crippen LogP contribution >= 0.6 is 0 Å². The quantitative estimate of drug-likeness (QED) is 0.387. The minimum atomic E-state index is -0.833. The van der Waals surface area contributed by atoms with Gasteiger partial charge in [0.05, 0.1) is 0 Å². The van der Waals surface area contributed by atoms with Crippen molar-refractivity contribution in [1.82, 2.24) is 0 Å². The van der Waals surface area contributed by atoms with E-state index < -0.39 is 11.9 Å². The molecule has 0 saturated heterocycles. The number of aromatic hydroxyl groups is 2. The largest absolute Gasteiger partial charge is 0.504 e. The number of phenols is 2. The van der Waals surface area contributed by atoms with Gasteiger partial charge in [-0.3, -0.25) is 9.59 Å². The fourth-order valence-corrected chi connectivity index (χ4v) is 3.14. The van der Waals surface area contributed by atoms with Crippen molar-refractivity contribution in [3.63, 3.8) is 0 Å². The lowest BCUT2D eigenvalue weighted by atomic mass is 9.89. The second kappa shape index (κ2) is 11.7. The van der Waals surface area contributed by atoms with Gasteiger partial charge in [-0.1, -0.05) is 43.5 Å². The molecule has 0 radical (unpaired) electrons. The first-order chi connectivity index (χ1) is 13.2. The van der Waals surface area contributed by atoms with Gasteiger partial charge in [0.15, 0.2) is 11.5 Å². The van der Waals surface area contributed by atoms with Crippen LogP contribution in [0.4, 0.5) is 5.69 Å². The first kappa shape index (κ1) is 23.1. The maximum absolute atomic E-state index is 9.92. The van der Waals surface area contributed by atoms with E-state index in [1.54, 1.807) is 6.07 Å². The van der Waals surface area contributed by atoms with Gasteiger partial charge in [0.25, 0.3) is 11.9 Å². The molecule has 1 aliphatic carbocycles. The van der Waals surface area contributed by atoms with Crippen LogP contribution in [0.5, 0.6) is 11.5 Å². The van der Waals surface area contributed by atoms with Crippen LogP contribution < -0.4 is 5.32 Å². The van der Waals surface area contributed by atoms with Crippen LogP contribution in [-0.4, -0.2) is 38.9 Å². The smallest absolute Gasteiger partial charge is 0.300 e. The summed E-state index contributed by atoms with van der Waals surface area (Å²) >= 11 is 0. The molecule has 1 saturated carbocycles. The number of carbonyl (C=O) groups is 2. The third kappa shape index (κ3) is 8.16. The Morgan fingerprint density at radius 2 is 1.46 bits per heavy atom. The van der Waals surface area contributed by atoms with Crippen molar-refractivity contribution in [2.75, 3.05) is 11.9 Å². The van der Waals surface area contributed by atoms with E-state index >= 15 is 0 Å². The van der Waals surface area contributed by atoms with Crippen LogP contribution in [0.15, 0.2) is 30.3 Å². The molecule has 2 aromatic rings. The molecule has 0 aromatic heterocycles. The van der Waals surface area contributed by atoms with Crippen LogP contribution in [-0.2, 0) is 9.59 Å². The number of anilines is 1. The highest BCUT2D eigenvalue weighted by molar-refractivity contribution is 5.99. The highest BCUT2D eigenvalue weighted by atomic mass is 16.4. The number of phenolic OH excluding ortho intramolecular Hbond substituents is 2. The first-order valence-electron chi connectivity index (χ1n) is 9.29. The molecule has 0 amide bonds. The van der Waals surface area contributed by atoms with E-state index in [4.69, 9.17) is 19.8 Å². The number of hydrogen-bond acceptors (Lipinski definition) is 5. The van der Waals surface area contributed by atoms with Crippen LogP contribution in [0.2, 0.25) is 0 Å². The van der Waals surface area contributed by atoms with Gasteiger partial charge in [0.1, 0.15) is 0 Å². The average molecular weight is 391 g/mol. The average Bonchev–Trinajstić information content (AvgIpc) is 2.63. The molecule has 7 heteroatoms. The van der Waals surface area contributed by atoms with Crippen molar-refractivity contribution in [2.45, 2.75) is 46.0 Å². The maximum Gasteiger partial charge on any atom is 0.300 e. The van der Waals surface area contributed by atoms with Gasteiger partial charge < -0.3 is 25.7 Å². The molecule has 0 bridgehead atoms. The summed E-state index contributed by atoms with van der Waals surface area (Å²) in [7, 11) is 0. The van der Waals surface area contributed by atoms with Crippen LogP contribution in [0.1, 0.15) is 46.0 Å². The summed E-state index contributed by atoms with van der Waals surface area (Å²) in [4.78, 5) is 18.0. The van der Waals surface area contributed by atoms with E-state index in [2.05, 4.69) is 5.32 Å². The zero-order valence-corrected chi connectivity index (χ0v) is 16.3. The second-order valence-corrected chi connectivity index (χ2v) is 6.76. The van der Waals surface area contributed by atoms with E-state index in [-0.39, 0.29) is 11.5 Å². The molecule has 0 aliphatic heterocycles. The molecule has 154 valence electrons. The van der Waals surface area contributed by atoms with Gasteiger partial charge in [-0.15, -0.1) is 0 Å². The summed E-state index contributed by atoms with van der Waals surface area (Å²) in [5.41, 5.74) is 0.904. The predicted molar refractivity (Wildman–Crippen MR) is 109 cm³/mol. The number of benzene rings is 2. The van der Waals surface area contributed by atoms with Crippen LogP contribution in [0, 0.1) is 5.92 Å². The Morgan fingerprint density at radius 3 is 2.00 bits per heavy atom. The van der Waals surface area contributed by atoms with E-state index in [1.807, 2.05) is 24.3 Å². The van der Waals surface area contributed by atoms with Gasteiger partial charge in [-0.25, -0.2) is 0 Å². The number of hydrogen-bond donors (Lipinski definition) is 5. The molecule has 1 fully saturated rings. The number of aliphatic carboxylic acids is 2. The number of fused-ring (bicyclic) bond motifs is 1. The fraction of sp³-hybridized carbons (Fsp3) is 0.429. The zero-order chi connectivity index (χ0) is 21.1. The summed E-state index contributed by atoms with van der Waals surface area (Å²) < 4.78 is 0. The van der Waals surface area contributed by atoms with Gasteiger partial charge in [0.2, 0.25) is 0 Å². The van der Waals surface area contributed by atoms with Crippen LogP contribution in [0.3, 0.4) is 0 Å². The molecule has 28 heavy (non-hydrogen) atoms. The molecular weight excluding hydrogens is 362 g/mol. The van der Waals surface area contributed by atoms with Crippen molar-refractivity contribution in [3.05, 3.63) is 30.3 Å². The molecular formula is C21H29NO6. The van der Waals surface area contributed by atoms with Crippen LogP contribution in [0.25, 0.3) is 10.8 Å². The predicted octanol–water partition coefficient (Wildman–Crippen LogP) is 4.43. The van der Waals surface area contributed by atoms with Crippen molar-refractivity contribution >= 4 is 28.4 Å². The molecule has 0 heterocycles. The lowest BCUT2D eigenvalue weighted by molar-refractivity contribution is -0.135. The molecule has 3 rings (SSSR count). The van der Waals surface area contributed by atoms with E-state index in [0.717, 1.165) is 37.4 Å². The van der Waals surface area contributed by atoms with Gasteiger partial charge in [-0.2, -0.15) is 0 Å². The van der Waals surface area contributed by atoms with Gasteiger partial charge in [0, 0.05) is 42.9 Å². The lowest BCUT2D eigenvalue weighted by Gasteiger charge is -2.23.